The molecular formula is C13H17BrN2OS. The van der Waals surface area contributed by atoms with Crippen LogP contribution in [0, 0.1) is 0 Å². The van der Waals surface area contributed by atoms with Gasteiger partial charge < -0.3 is 15.8 Å². The van der Waals surface area contributed by atoms with Crippen LogP contribution in [0.2, 0.25) is 0 Å². The average molecular weight is 329 g/mol. The van der Waals surface area contributed by atoms with Crippen molar-refractivity contribution in [3.05, 3.63) is 28.2 Å². The standard InChI is InChI=1S/C13H17BrN2OS/c14-10-4-1-5-11(12(10)13(15)18)16-7-6-9-3-2-8-17-9/h1,4-5,9,16H,2-3,6-8H2,(H2,15,18). The zero-order chi connectivity index (χ0) is 13.0. The number of hydrogen-bond acceptors (Lipinski definition) is 3. The number of ether oxygens (including phenoxy) is 1. The van der Waals surface area contributed by atoms with Crippen molar-refractivity contribution in [3.63, 3.8) is 0 Å². The summed E-state index contributed by atoms with van der Waals surface area (Å²) in [6.07, 6.45) is 3.77. The van der Waals surface area contributed by atoms with Crippen molar-refractivity contribution < 1.29 is 4.74 Å². The van der Waals surface area contributed by atoms with Crippen molar-refractivity contribution in [3.8, 4) is 0 Å². The molecule has 1 aliphatic rings. The van der Waals surface area contributed by atoms with Crippen LogP contribution in [0.25, 0.3) is 0 Å². The quantitative estimate of drug-likeness (QED) is 0.815. The maximum Gasteiger partial charge on any atom is 0.107 e. The summed E-state index contributed by atoms with van der Waals surface area (Å²) in [6, 6.07) is 5.91. The van der Waals surface area contributed by atoms with E-state index in [1.54, 1.807) is 0 Å². The van der Waals surface area contributed by atoms with Gasteiger partial charge >= 0.3 is 0 Å². The molecule has 1 aromatic rings. The molecule has 1 heterocycles. The van der Waals surface area contributed by atoms with E-state index in [9.17, 15) is 0 Å². The third-order valence-corrected chi connectivity index (χ3v) is 3.93. The Kier molecular flexibility index (Phi) is 4.97. The van der Waals surface area contributed by atoms with Gasteiger partial charge in [-0.3, -0.25) is 0 Å². The number of rotatable bonds is 5. The minimum atomic E-state index is 0.401. The first-order valence-corrected chi connectivity index (χ1v) is 7.32. The molecule has 0 saturated carbocycles. The zero-order valence-corrected chi connectivity index (χ0v) is 12.5. The molecule has 1 atom stereocenters. The molecule has 5 heteroatoms. The van der Waals surface area contributed by atoms with Crippen LogP contribution >= 0.6 is 28.1 Å². The molecule has 3 N–H and O–H groups in total. The largest absolute Gasteiger partial charge is 0.389 e. The lowest BCUT2D eigenvalue weighted by molar-refractivity contribution is 0.107. The maximum absolute atomic E-state index is 5.75. The first-order valence-electron chi connectivity index (χ1n) is 6.12. The third-order valence-electron chi connectivity index (χ3n) is 3.07. The first kappa shape index (κ1) is 13.8. The Labute approximate surface area is 121 Å². The van der Waals surface area contributed by atoms with Crippen molar-refractivity contribution in [2.45, 2.75) is 25.4 Å². The van der Waals surface area contributed by atoms with Crippen LogP contribution < -0.4 is 11.1 Å². The predicted molar refractivity (Wildman–Crippen MR) is 82.1 cm³/mol. The number of anilines is 1. The minimum Gasteiger partial charge on any atom is -0.389 e. The molecule has 0 bridgehead atoms. The predicted octanol–water partition coefficient (Wildman–Crippen LogP) is 3.06. The number of hydrogen-bond donors (Lipinski definition) is 2. The fourth-order valence-corrected chi connectivity index (χ4v) is 3.09. The molecule has 0 radical (unpaired) electrons. The SMILES string of the molecule is NC(=S)c1c(Br)cccc1NCCC1CCCO1. The molecule has 0 amide bonds. The van der Waals surface area contributed by atoms with Crippen molar-refractivity contribution in [1.82, 2.24) is 0 Å². The monoisotopic (exact) mass is 328 g/mol. The third kappa shape index (κ3) is 3.43. The van der Waals surface area contributed by atoms with Gasteiger partial charge in [-0.2, -0.15) is 0 Å². The van der Waals surface area contributed by atoms with Crippen LogP contribution in [0.1, 0.15) is 24.8 Å². The number of nitrogens with two attached hydrogens (primary N) is 1. The van der Waals surface area contributed by atoms with Crippen molar-refractivity contribution in [2.75, 3.05) is 18.5 Å². The van der Waals surface area contributed by atoms with Gasteiger partial charge in [-0.15, -0.1) is 0 Å². The molecule has 0 spiro atoms. The molecule has 1 aliphatic heterocycles. The second-order valence-corrected chi connectivity index (χ2v) is 5.67. The van der Waals surface area contributed by atoms with E-state index < -0.39 is 0 Å². The highest BCUT2D eigenvalue weighted by Gasteiger charge is 2.15. The normalized spacial score (nSPS) is 18.8. The maximum atomic E-state index is 5.75. The van der Waals surface area contributed by atoms with Gasteiger partial charge in [0.25, 0.3) is 0 Å². The lowest BCUT2D eigenvalue weighted by atomic mass is 10.1. The van der Waals surface area contributed by atoms with Crippen LogP contribution in [-0.2, 0) is 4.74 Å². The number of thiocarbonyl (C=S) groups is 1. The number of benzene rings is 1. The minimum absolute atomic E-state index is 0.401. The van der Waals surface area contributed by atoms with Crippen LogP contribution in [0.5, 0.6) is 0 Å². The van der Waals surface area contributed by atoms with Crippen LogP contribution in [0.4, 0.5) is 5.69 Å². The van der Waals surface area contributed by atoms with Gasteiger partial charge in [0.15, 0.2) is 0 Å². The van der Waals surface area contributed by atoms with Gasteiger partial charge in [0.05, 0.1) is 6.10 Å². The molecule has 1 unspecified atom stereocenters. The molecule has 1 aromatic carbocycles. The molecule has 98 valence electrons. The van der Waals surface area contributed by atoms with E-state index in [2.05, 4.69) is 21.2 Å². The van der Waals surface area contributed by atoms with E-state index >= 15 is 0 Å². The van der Waals surface area contributed by atoms with Gasteiger partial charge in [-0.05, 0) is 47.3 Å². The van der Waals surface area contributed by atoms with E-state index in [4.69, 9.17) is 22.7 Å². The fraction of sp³-hybridized carbons (Fsp3) is 0.462. The summed E-state index contributed by atoms with van der Waals surface area (Å²) >= 11 is 8.55. The summed E-state index contributed by atoms with van der Waals surface area (Å²) < 4.78 is 6.52. The molecule has 1 saturated heterocycles. The van der Waals surface area contributed by atoms with Crippen LogP contribution in [0.3, 0.4) is 0 Å². The number of halogens is 1. The van der Waals surface area contributed by atoms with Gasteiger partial charge in [0, 0.05) is 28.9 Å². The Bertz CT molecular complexity index is 433. The molecule has 1 fully saturated rings. The van der Waals surface area contributed by atoms with Crippen molar-refractivity contribution in [2.24, 2.45) is 5.73 Å². The van der Waals surface area contributed by atoms with E-state index in [-0.39, 0.29) is 0 Å². The second-order valence-electron chi connectivity index (χ2n) is 4.38. The zero-order valence-electron chi connectivity index (χ0n) is 10.1. The summed E-state index contributed by atoms with van der Waals surface area (Å²) in [4.78, 5) is 0.405. The summed E-state index contributed by atoms with van der Waals surface area (Å²) in [5, 5.41) is 3.38. The van der Waals surface area contributed by atoms with Crippen LogP contribution in [-0.4, -0.2) is 24.2 Å². The van der Waals surface area contributed by atoms with Crippen molar-refractivity contribution >= 4 is 38.8 Å². The topological polar surface area (TPSA) is 47.3 Å². The lowest BCUT2D eigenvalue weighted by Gasteiger charge is -2.14. The van der Waals surface area contributed by atoms with Gasteiger partial charge in [0.1, 0.15) is 4.99 Å². The van der Waals surface area contributed by atoms with E-state index in [1.807, 2.05) is 18.2 Å². The molecule has 2 rings (SSSR count). The van der Waals surface area contributed by atoms with E-state index in [1.165, 1.54) is 12.8 Å². The summed E-state index contributed by atoms with van der Waals surface area (Å²) in [6.45, 7) is 1.77. The summed E-state index contributed by atoms with van der Waals surface area (Å²) in [7, 11) is 0. The van der Waals surface area contributed by atoms with Gasteiger partial charge in [0.2, 0.25) is 0 Å². The molecule has 3 nitrogen and oxygen atoms in total. The van der Waals surface area contributed by atoms with Gasteiger partial charge in [-0.25, -0.2) is 0 Å². The Morgan fingerprint density at radius 2 is 2.39 bits per heavy atom. The van der Waals surface area contributed by atoms with Gasteiger partial charge in [-0.1, -0.05) is 18.3 Å². The first-order chi connectivity index (χ1) is 8.68. The van der Waals surface area contributed by atoms with E-state index in [0.29, 0.717) is 11.1 Å². The van der Waals surface area contributed by atoms with Crippen molar-refractivity contribution in [1.29, 1.82) is 0 Å². The summed E-state index contributed by atoms with van der Waals surface area (Å²) in [5.41, 5.74) is 7.60. The Balaban J connectivity index is 1.96. The molecular weight excluding hydrogens is 312 g/mol. The Morgan fingerprint density at radius 1 is 1.56 bits per heavy atom. The van der Waals surface area contributed by atoms with Crippen LogP contribution in [0.15, 0.2) is 22.7 Å². The second kappa shape index (κ2) is 6.50. The smallest absolute Gasteiger partial charge is 0.107 e. The average Bonchev–Trinajstić information content (AvgIpc) is 2.81. The Hall–Kier alpha value is -0.650. The lowest BCUT2D eigenvalue weighted by Crippen LogP contribution is -2.17. The molecule has 0 aliphatic carbocycles. The Morgan fingerprint density at radius 3 is 3.06 bits per heavy atom. The highest BCUT2D eigenvalue weighted by atomic mass is 79.9. The summed E-state index contributed by atoms with van der Waals surface area (Å²) in [5.74, 6) is 0. The van der Waals surface area contributed by atoms with E-state index in [0.717, 1.165) is 35.3 Å². The molecule has 18 heavy (non-hydrogen) atoms. The fourth-order valence-electron chi connectivity index (χ4n) is 2.16. The highest BCUT2D eigenvalue weighted by Crippen LogP contribution is 2.25. The number of nitrogens with one attached hydrogen (secondary N) is 1. The highest BCUT2D eigenvalue weighted by molar-refractivity contribution is 9.10. The molecule has 0 aromatic heterocycles.